The van der Waals surface area contributed by atoms with Gasteiger partial charge in [0.15, 0.2) is 6.61 Å². The lowest BCUT2D eigenvalue weighted by atomic mass is 10.2. The zero-order valence-corrected chi connectivity index (χ0v) is 18.5. The maximum absolute atomic E-state index is 12.0. The van der Waals surface area contributed by atoms with Gasteiger partial charge in [-0.2, -0.15) is 5.10 Å². The number of ether oxygens (including phenoxy) is 2. The van der Waals surface area contributed by atoms with Gasteiger partial charge in [-0.15, -0.1) is 0 Å². The molecule has 0 aromatic heterocycles. The molecule has 3 rings (SSSR count). The third-order valence-electron chi connectivity index (χ3n) is 3.80. The first-order chi connectivity index (χ1) is 14.1. The van der Waals surface area contributed by atoms with Crippen LogP contribution in [0.1, 0.15) is 11.1 Å². The van der Waals surface area contributed by atoms with Gasteiger partial charge in [-0.05, 0) is 51.8 Å². The summed E-state index contributed by atoms with van der Waals surface area (Å²) in [7, 11) is 0. The summed E-state index contributed by atoms with van der Waals surface area (Å²) in [6.45, 7) is 0.297. The van der Waals surface area contributed by atoms with Crippen molar-refractivity contribution in [1.82, 2.24) is 5.43 Å². The number of hydrogen-bond acceptors (Lipinski definition) is 4. The highest BCUT2D eigenvalue weighted by molar-refractivity contribution is 9.10. The van der Waals surface area contributed by atoms with Crippen molar-refractivity contribution in [2.24, 2.45) is 5.10 Å². The van der Waals surface area contributed by atoms with E-state index in [4.69, 9.17) is 9.47 Å². The van der Waals surface area contributed by atoms with Gasteiger partial charge in [0, 0.05) is 10.0 Å². The molecule has 5 nitrogen and oxygen atoms in total. The molecule has 0 spiro atoms. The van der Waals surface area contributed by atoms with Crippen LogP contribution in [0, 0.1) is 0 Å². The van der Waals surface area contributed by atoms with Gasteiger partial charge in [0.1, 0.15) is 18.1 Å². The predicted octanol–water partition coefficient (Wildman–Crippen LogP) is 5.32. The number of nitrogens with one attached hydrogen (secondary N) is 1. The fourth-order valence-corrected chi connectivity index (χ4v) is 3.18. The van der Waals surface area contributed by atoms with Crippen molar-refractivity contribution in [3.63, 3.8) is 0 Å². The van der Waals surface area contributed by atoms with Crippen LogP contribution in [0.5, 0.6) is 11.5 Å². The van der Waals surface area contributed by atoms with Crippen molar-refractivity contribution in [3.8, 4) is 11.5 Å². The van der Waals surface area contributed by atoms with Crippen molar-refractivity contribution in [3.05, 3.63) is 92.9 Å². The molecule has 0 atom stereocenters. The predicted molar refractivity (Wildman–Crippen MR) is 120 cm³/mol. The molecule has 0 aliphatic heterocycles. The average Bonchev–Trinajstić information content (AvgIpc) is 2.73. The van der Waals surface area contributed by atoms with E-state index in [9.17, 15) is 4.79 Å². The second-order valence-corrected chi connectivity index (χ2v) is 7.74. The van der Waals surface area contributed by atoms with Crippen LogP contribution in [0.4, 0.5) is 0 Å². The summed E-state index contributed by atoms with van der Waals surface area (Å²) < 4.78 is 13.0. The quantitative estimate of drug-likeness (QED) is 0.325. The molecule has 1 amide bonds. The van der Waals surface area contributed by atoms with E-state index in [1.807, 2.05) is 66.7 Å². The van der Waals surface area contributed by atoms with Gasteiger partial charge in [0.25, 0.3) is 5.91 Å². The number of hydrogen-bond donors (Lipinski definition) is 1. The summed E-state index contributed by atoms with van der Waals surface area (Å²) in [6, 6.07) is 22.8. The van der Waals surface area contributed by atoms with Crippen molar-refractivity contribution in [1.29, 1.82) is 0 Å². The van der Waals surface area contributed by atoms with Crippen molar-refractivity contribution in [2.45, 2.75) is 6.61 Å². The van der Waals surface area contributed by atoms with Gasteiger partial charge >= 0.3 is 0 Å². The lowest BCUT2D eigenvalue weighted by Gasteiger charge is -2.10. The first-order valence-electron chi connectivity index (χ1n) is 8.77. The van der Waals surface area contributed by atoms with Gasteiger partial charge in [-0.25, -0.2) is 5.43 Å². The normalized spacial score (nSPS) is 10.7. The molecule has 0 aliphatic carbocycles. The fourth-order valence-electron chi connectivity index (χ4n) is 2.40. The molecular weight excluding hydrogens is 500 g/mol. The molecule has 3 aromatic carbocycles. The van der Waals surface area contributed by atoms with Gasteiger partial charge in [-0.1, -0.05) is 58.4 Å². The Morgan fingerprint density at radius 1 is 0.931 bits per heavy atom. The smallest absolute Gasteiger partial charge is 0.277 e. The second-order valence-electron chi connectivity index (χ2n) is 5.97. The Morgan fingerprint density at radius 3 is 2.48 bits per heavy atom. The highest BCUT2D eigenvalue weighted by atomic mass is 79.9. The number of amides is 1. The molecule has 29 heavy (non-hydrogen) atoms. The summed E-state index contributed by atoms with van der Waals surface area (Å²) in [5, 5.41) is 4.02. The van der Waals surface area contributed by atoms with E-state index in [1.165, 1.54) is 0 Å². The maximum Gasteiger partial charge on any atom is 0.277 e. The first kappa shape index (κ1) is 21.1. The largest absolute Gasteiger partial charge is 0.488 e. The van der Waals surface area contributed by atoms with Crippen LogP contribution < -0.4 is 14.9 Å². The van der Waals surface area contributed by atoms with Crippen LogP contribution in [0.2, 0.25) is 0 Å². The number of hydrazone groups is 1. The minimum atomic E-state index is -0.362. The third kappa shape index (κ3) is 6.73. The highest BCUT2D eigenvalue weighted by Gasteiger charge is 2.06. The van der Waals surface area contributed by atoms with Crippen LogP contribution >= 0.6 is 31.9 Å². The lowest BCUT2D eigenvalue weighted by molar-refractivity contribution is -0.123. The van der Waals surface area contributed by atoms with Gasteiger partial charge in [-0.3, -0.25) is 4.79 Å². The Bertz CT molecular complexity index is 994. The molecular formula is C22H18Br2N2O3. The van der Waals surface area contributed by atoms with Crippen molar-refractivity contribution < 1.29 is 14.3 Å². The van der Waals surface area contributed by atoms with E-state index in [1.54, 1.807) is 12.3 Å². The second kappa shape index (κ2) is 10.8. The Balaban J connectivity index is 1.57. The summed E-state index contributed by atoms with van der Waals surface area (Å²) in [5.74, 6) is 0.897. The van der Waals surface area contributed by atoms with Crippen LogP contribution in [0.25, 0.3) is 0 Å². The molecule has 1 N–H and O–H groups in total. The highest BCUT2D eigenvalue weighted by Crippen LogP contribution is 2.24. The van der Waals surface area contributed by atoms with Crippen LogP contribution in [0.3, 0.4) is 0 Å². The molecule has 0 heterocycles. The Morgan fingerprint density at radius 2 is 1.69 bits per heavy atom. The summed E-state index contributed by atoms with van der Waals surface area (Å²) in [5.41, 5.74) is 4.26. The molecule has 148 valence electrons. The third-order valence-corrected chi connectivity index (χ3v) is 4.95. The standard InChI is InChI=1S/C22H18Br2N2O3/c23-18-10-11-20(28-14-16-6-2-1-3-7-16)17(12-18)13-25-26-22(27)15-29-21-9-5-4-8-19(21)24/h1-13H,14-15H2,(H,26,27)/b25-13+. The molecule has 0 aliphatic rings. The first-order valence-corrected chi connectivity index (χ1v) is 10.4. The molecule has 0 fully saturated rings. The lowest BCUT2D eigenvalue weighted by Crippen LogP contribution is -2.24. The molecule has 0 unspecified atom stereocenters. The molecule has 0 saturated heterocycles. The van der Waals surface area contributed by atoms with Gasteiger partial charge in [0.2, 0.25) is 0 Å². The Labute approximate surface area is 186 Å². The molecule has 7 heteroatoms. The monoisotopic (exact) mass is 516 g/mol. The SMILES string of the molecule is O=C(COc1ccccc1Br)N/N=C/c1cc(Br)ccc1OCc1ccccc1. The van der Waals surface area contributed by atoms with Crippen LogP contribution in [-0.2, 0) is 11.4 Å². The molecule has 0 bridgehead atoms. The fraction of sp³-hybridized carbons (Fsp3) is 0.0909. The molecule has 0 radical (unpaired) electrons. The number of carbonyl (C=O) groups excluding carboxylic acids is 1. The number of carbonyl (C=O) groups is 1. The Kier molecular flexibility index (Phi) is 7.84. The number of para-hydroxylation sites is 1. The zero-order valence-electron chi connectivity index (χ0n) is 15.3. The average molecular weight is 518 g/mol. The van der Waals surface area contributed by atoms with E-state index < -0.39 is 0 Å². The van der Waals surface area contributed by atoms with Gasteiger partial charge < -0.3 is 9.47 Å². The topological polar surface area (TPSA) is 59.9 Å². The van der Waals surface area contributed by atoms with Crippen molar-refractivity contribution in [2.75, 3.05) is 6.61 Å². The minimum Gasteiger partial charge on any atom is -0.488 e. The Hall–Kier alpha value is -2.64. The molecule has 3 aromatic rings. The van der Waals surface area contributed by atoms with Crippen LogP contribution in [0.15, 0.2) is 86.8 Å². The van der Waals surface area contributed by atoms with E-state index >= 15 is 0 Å². The number of nitrogens with zero attached hydrogens (tertiary/aromatic N) is 1. The van der Waals surface area contributed by atoms with E-state index in [0.717, 1.165) is 20.1 Å². The van der Waals surface area contributed by atoms with E-state index in [-0.39, 0.29) is 12.5 Å². The minimum absolute atomic E-state index is 0.143. The number of benzene rings is 3. The van der Waals surface area contributed by atoms with Crippen LogP contribution in [-0.4, -0.2) is 18.7 Å². The van der Waals surface area contributed by atoms with E-state index in [2.05, 4.69) is 42.4 Å². The summed E-state index contributed by atoms with van der Waals surface area (Å²) in [4.78, 5) is 12.0. The summed E-state index contributed by atoms with van der Waals surface area (Å²) >= 11 is 6.81. The summed E-state index contributed by atoms with van der Waals surface area (Å²) in [6.07, 6.45) is 1.54. The van der Waals surface area contributed by atoms with Gasteiger partial charge in [0.05, 0.1) is 10.7 Å². The zero-order chi connectivity index (χ0) is 20.5. The maximum atomic E-state index is 12.0. The number of halogens is 2. The number of rotatable bonds is 8. The molecule has 0 saturated carbocycles. The van der Waals surface area contributed by atoms with Crippen molar-refractivity contribution >= 4 is 44.0 Å². The van der Waals surface area contributed by atoms with E-state index in [0.29, 0.717) is 18.1 Å².